The molecule has 4 rings (SSSR count). The number of rotatable bonds is 5. The fourth-order valence-electron chi connectivity index (χ4n) is 3.34. The third kappa shape index (κ3) is 3.97. The van der Waals surface area contributed by atoms with E-state index in [2.05, 4.69) is 10.3 Å². The summed E-state index contributed by atoms with van der Waals surface area (Å²) >= 11 is 1.13. The number of amides is 1. The molecule has 1 amide bonds. The first kappa shape index (κ1) is 20.9. The van der Waals surface area contributed by atoms with Gasteiger partial charge in [-0.3, -0.25) is 10.1 Å². The molecule has 0 spiro atoms. The van der Waals surface area contributed by atoms with Crippen LogP contribution in [0.4, 0.5) is 5.13 Å². The molecule has 2 aromatic carbocycles. The van der Waals surface area contributed by atoms with Crippen LogP contribution in [0.2, 0.25) is 0 Å². The van der Waals surface area contributed by atoms with Gasteiger partial charge in [0.2, 0.25) is 10.0 Å². The molecule has 3 aromatic rings. The molecule has 0 bridgehead atoms. The van der Waals surface area contributed by atoms with Crippen molar-refractivity contribution >= 4 is 52.5 Å². The van der Waals surface area contributed by atoms with Gasteiger partial charge in [-0.2, -0.15) is 4.31 Å². The zero-order valence-corrected chi connectivity index (χ0v) is 18.5. The van der Waals surface area contributed by atoms with Crippen LogP contribution in [0.25, 0.3) is 10.2 Å². The fourth-order valence-corrected chi connectivity index (χ4v) is 6.74. The number of nitrogens with zero attached hydrogens (tertiary/aromatic N) is 2. The van der Waals surface area contributed by atoms with Crippen molar-refractivity contribution in [2.45, 2.75) is 22.6 Å². The molecule has 1 fully saturated rings. The lowest BCUT2D eigenvalue weighted by Crippen LogP contribution is -2.27. The van der Waals surface area contributed by atoms with Gasteiger partial charge in [0.05, 0.1) is 25.6 Å². The molecule has 0 radical (unpaired) electrons. The largest absolute Gasteiger partial charge is 0.298 e. The van der Waals surface area contributed by atoms with E-state index in [1.807, 2.05) is 0 Å². The lowest BCUT2D eigenvalue weighted by Gasteiger charge is -2.15. The minimum atomic E-state index is -3.57. The number of carbonyl (C=O) groups is 1. The van der Waals surface area contributed by atoms with Crippen molar-refractivity contribution in [3.05, 3.63) is 48.0 Å². The van der Waals surface area contributed by atoms with Gasteiger partial charge in [0.25, 0.3) is 5.91 Å². The maximum absolute atomic E-state index is 12.8. The van der Waals surface area contributed by atoms with Gasteiger partial charge >= 0.3 is 0 Å². The second kappa shape index (κ2) is 7.73. The van der Waals surface area contributed by atoms with E-state index in [0.717, 1.165) is 30.4 Å². The zero-order chi connectivity index (χ0) is 21.5. The highest BCUT2D eigenvalue weighted by atomic mass is 32.2. The van der Waals surface area contributed by atoms with Crippen molar-refractivity contribution in [3.8, 4) is 0 Å². The van der Waals surface area contributed by atoms with Gasteiger partial charge < -0.3 is 0 Å². The number of carbonyl (C=O) groups excluding carboxylic acids is 1. The molecule has 11 heteroatoms. The predicted octanol–water partition coefficient (Wildman–Crippen LogP) is 2.74. The molecular weight excluding hydrogens is 446 g/mol. The summed E-state index contributed by atoms with van der Waals surface area (Å²) in [4.78, 5) is 17.1. The summed E-state index contributed by atoms with van der Waals surface area (Å²) in [5.74, 6) is -0.597. The Kier molecular flexibility index (Phi) is 5.39. The molecule has 158 valence electrons. The van der Waals surface area contributed by atoms with Crippen molar-refractivity contribution < 1.29 is 21.6 Å². The lowest BCUT2D eigenvalue weighted by molar-refractivity contribution is 0.102. The third-order valence-electron chi connectivity index (χ3n) is 4.81. The molecule has 0 unspecified atom stereocenters. The standard InChI is InChI=1S/C19H19N3O5S3/c1-29(24,25)17-7-3-2-6-14(17)18(23)21-19-20-15-9-8-13(12-16(15)28-19)30(26,27)22-10-4-5-11-22/h2-3,6-9,12H,4-5,10-11H2,1H3,(H,20,21,23). The number of sulfonamides is 1. The first-order valence-electron chi connectivity index (χ1n) is 9.17. The monoisotopic (exact) mass is 465 g/mol. The van der Waals surface area contributed by atoms with Gasteiger partial charge in [-0.15, -0.1) is 0 Å². The maximum Gasteiger partial charge on any atom is 0.258 e. The molecule has 1 N–H and O–H groups in total. The van der Waals surface area contributed by atoms with Crippen molar-refractivity contribution in [2.75, 3.05) is 24.7 Å². The molecular formula is C19H19N3O5S3. The highest BCUT2D eigenvalue weighted by Gasteiger charge is 2.27. The molecule has 1 aliphatic rings. The molecule has 0 aliphatic carbocycles. The summed E-state index contributed by atoms with van der Waals surface area (Å²) < 4.78 is 51.5. The Balaban J connectivity index is 1.63. The van der Waals surface area contributed by atoms with Crippen molar-refractivity contribution in [1.82, 2.24) is 9.29 Å². The van der Waals surface area contributed by atoms with Crippen LogP contribution >= 0.6 is 11.3 Å². The van der Waals surface area contributed by atoms with Gasteiger partial charge in [-0.25, -0.2) is 21.8 Å². The number of nitrogens with one attached hydrogen (secondary N) is 1. The Morgan fingerprint density at radius 3 is 2.47 bits per heavy atom. The SMILES string of the molecule is CS(=O)(=O)c1ccccc1C(=O)Nc1nc2ccc(S(=O)(=O)N3CCCC3)cc2s1. The van der Waals surface area contributed by atoms with Crippen LogP contribution in [-0.4, -0.2) is 51.4 Å². The molecule has 8 nitrogen and oxygen atoms in total. The van der Waals surface area contributed by atoms with Gasteiger partial charge in [0, 0.05) is 19.3 Å². The molecule has 1 saturated heterocycles. The summed E-state index contributed by atoms with van der Waals surface area (Å²) in [5, 5.41) is 2.88. The normalized spacial score (nSPS) is 15.5. The van der Waals surface area contributed by atoms with E-state index in [9.17, 15) is 21.6 Å². The second-order valence-electron chi connectivity index (χ2n) is 6.98. The summed E-state index contributed by atoms with van der Waals surface area (Å²) in [6.45, 7) is 1.04. The minimum absolute atomic E-state index is 0.0246. The smallest absolute Gasteiger partial charge is 0.258 e. The fraction of sp³-hybridized carbons (Fsp3) is 0.263. The van der Waals surface area contributed by atoms with E-state index in [1.54, 1.807) is 24.3 Å². The molecule has 0 saturated carbocycles. The first-order chi connectivity index (χ1) is 14.2. The summed E-state index contributed by atoms with van der Waals surface area (Å²) in [5.41, 5.74) is 0.573. The molecule has 1 aromatic heterocycles. The number of anilines is 1. The average molecular weight is 466 g/mol. The Labute approximate surface area is 178 Å². The first-order valence-corrected chi connectivity index (χ1v) is 13.3. The van der Waals surface area contributed by atoms with E-state index in [0.29, 0.717) is 23.3 Å². The van der Waals surface area contributed by atoms with Crippen LogP contribution in [0.15, 0.2) is 52.3 Å². The number of hydrogen-bond acceptors (Lipinski definition) is 7. The highest BCUT2D eigenvalue weighted by molar-refractivity contribution is 7.90. The molecule has 2 heterocycles. The number of sulfone groups is 1. The molecule has 1 aliphatic heterocycles. The Bertz CT molecular complexity index is 1340. The summed E-state index contributed by atoms with van der Waals surface area (Å²) in [7, 11) is -7.13. The van der Waals surface area contributed by atoms with E-state index < -0.39 is 25.8 Å². The predicted molar refractivity (Wildman–Crippen MR) is 115 cm³/mol. The van der Waals surface area contributed by atoms with E-state index in [-0.39, 0.29) is 20.5 Å². The van der Waals surface area contributed by atoms with E-state index in [1.165, 1.54) is 22.5 Å². The van der Waals surface area contributed by atoms with Crippen LogP contribution in [0.5, 0.6) is 0 Å². The number of hydrogen-bond donors (Lipinski definition) is 1. The van der Waals surface area contributed by atoms with Gasteiger partial charge in [0.1, 0.15) is 0 Å². The maximum atomic E-state index is 12.8. The topological polar surface area (TPSA) is 114 Å². The number of aromatic nitrogens is 1. The van der Waals surface area contributed by atoms with Crippen LogP contribution in [-0.2, 0) is 19.9 Å². The van der Waals surface area contributed by atoms with Crippen LogP contribution < -0.4 is 5.32 Å². The summed E-state index contributed by atoms with van der Waals surface area (Å²) in [6.07, 6.45) is 2.75. The lowest BCUT2D eigenvalue weighted by atomic mass is 10.2. The van der Waals surface area contributed by atoms with Crippen molar-refractivity contribution in [1.29, 1.82) is 0 Å². The van der Waals surface area contributed by atoms with E-state index in [4.69, 9.17) is 0 Å². The molecule has 30 heavy (non-hydrogen) atoms. The van der Waals surface area contributed by atoms with E-state index >= 15 is 0 Å². The number of thiazole rings is 1. The van der Waals surface area contributed by atoms with Gasteiger partial charge in [0.15, 0.2) is 15.0 Å². The van der Waals surface area contributed by atoms with Gasteiger partial charge in [-0.05, 0) is 43.2 Å². The molecule has 0 atom stereocenters. The number of benzene rings is 2. The zero-order valence-electron chi connectivity index (χ0n) is 16.0. The average Bonchev–Trinajstić information content (AvgIpc) is 3.36. The number of fused-ring (bicyclic) bond motifs is 1. The van der Waals surface area contributed by atoms with Crippen LogP contribution in [0.1, 0.15) is 23.2 Å². The Morgan fingerprint density at radius 1 is 1.07 bits per heavy atom. The third-order valence-corrected chi connectivity index (χ3v) is 8.80. The second-order valence-corrected chi connectivity index (χ2v) is 11.9. The van der Waals surface area contributed by atoms with Crippen LogP contribution in [0.3, 0.4) is 0 Å². The minimum Gasteiger partial charge on any atom is -0.298 e. The van der Waals surface area contributed by atoms with Crippen LogP contribution in [0, 0.1) is 0 Å². The van der Waals surface area contributed by atoms with Crippen molar-refractivity contribution in [2.24, 2.45) is 0 Å². The Hall–Kier alpha value is -2.34. The van der Waals surface area contributed by atoms with Gasteiger partial charge in [-0.1, -0.05) is 23.5 Å². The Morgan fingerprint density at radius 2 is 1.77 bits per heavy atom. The van der Waals surface area contributed by atoms with Crippen molar-refractivity contribution in [3.63, 3.8) is 0 Å². The summed E-state index contributed by atoms with van der Waals surface area (Å²) in [6, 6.07) is 10.6. The quantitative estimate of drug-likeness (QED) is 0.620. The highest BCUT2D eigenvalue weighted by Crippen LogP contribution is 2.30.